The number of hydrogen-bond acceptors (Lipinski definition) is 6. The molecule has 0 spiro atoms. The van der Waals surface area contributed by atoms with E-state index in [4.69, 9.17) is 9.84 Å². The van der Waals surface area contributed by atoms with Crippen LogP contribution in [0, 0.1) is 16.0 Å². The summed E-state index contributed by atoms with van der Waals surface area (Å²) in [4.78, 5) is 44.8. The molecule has 1 fully saturated rings. The predicted octanol–water partition coefficient (Wildman–Crippen LogP) is 4.73. The number of amides is 2. The number of H-pyrrole nitrogens is 1. The molecule has 3 N–H and O–H groups in total. The molecule has 11 heteroatoms. The van der Waals surface area contributed by atoms with E-state index in [2.05, 4.69) is 15.3 Å². The van der Waals surface area contributed by atoms with Gasteiger partial charge >= 0.3 is 11.8 Å². The van der Waals surface area contributed by atoms with Gasteiger partial charge in [0.15, 0.2) is 0 Å². The highest BCUT2D eigenvalue weighted by molar-refractivity contribution is 5.86. The fraction of sp³-hybridized carbons (Fsp3) is 0.320. The molecule has 3 aromatic rings. The fourth-order valence-corrected chi connectivity index (χ4v) is 4.32. The number of aromatic amines is 1. The van der Waals surface area contributed by atoms with Crippen LogP contribution in [-0.2, 0) is 4.79 Å². The lowest BCUT2D eigenvalue weighted by atomic mass is 10.0. The number of carbonyl (C=O) groups is 2. The molecule has 11 nitrogen and oxygen atoms in total. The van der Waals surface area contributed by atoms with Gasteiger partial charge in [-0.3, -0.25) is 14.9 Å². The Labute approximate surface area is 207 Å². The van der Waals surface area contributed by atoms with Crippen molar-refractivity contribution in [1.82, 2.24) is 20.2 Å². The van der Waals surface area contributed by atoms with Crippen LogP contribution in [-0.4, -0.2) is 49.5 Å². The quantitative estimate of drug-likeness (QED) is 0.303. The van der Waals surface area contributed by atoms with E-state index < -0.39 is 17.1 Å². The number of nitro benzene ring substituents is 1. The molecule has 2 amide bonds. The molecule has 1 saturated heterocycles. The predicted molar refractivity (Wildman–Crippen MR) is 131 cm³/mol. The first kappa shape index (κ1) is 24.7. The summed E-state index contributed by atoms with van der Waals surface area (Å²) >= 11 is 0. The highest BCUT2D eigenvalue weighted by Crippen LogP contribution is 2.36. The highest BCUT2D eigenvalue weighted by atomic mass is 16.6. The van der Waals surface area contributed by atoms with Crippen LogP contribution >= 0.6 is 0 Å². The van der Waals surface area contributed by atoms with Crippen molar-refractivity contribution in [3.63, 3.8) is 0 Å². The van der Waals surface area contributed by atoms with Crippen molar-refractivity contribution in [3.05, 3.63) is 70.7 Å². The number of carboxylic acid groups (broad SMARTS) is 1. The number of nitrogens with zero attached hydrogens (tertiary/aromatic N) is 3. The minimum Gasteiger partial charge on any atom is -0.465 e. The third kappa shape index (κ3) is 5.29. The number of rotatable bonds is 8. The van der Waals surface area contributed by atoms with Gasteiger partial charge in [-0.2, -0.15) is 0 Å². The van der Waals surface area contributed by atoms with Crippen molar-refractivity contribution in [1.29, 1.82) is 0 Å². The van der Waals surface area contributed by atoms with Crippen LogP contribution in [0.25, 0.3) is 11.3 Å². The first-order valence-corrected chi connectivity index (χ1v) is 11.6. The molecule has 36 heavy (non-hydrogen) atoms. The molecule has 1 aromatic heterocycles. The SMILES string of the molecule is CC(C)[C@H](NC(=O)O)C(=O)N1CCCC1c1ncc(-c2ccc([N+](=O)[O-])c(Oc3ccccc3)c2)[nH]1. The van der Waals surface area contributed by atoms with E-state index in [1.54, 1.807) is 61.3 Å². The Morgan fingerprint density at radius 2 is 2.00 bits per heavy atom. The lowest BCUT2D eigenvalue weighted by molar-refractivity contribution is -0.385. The van der Waals surface area contributed by atoms with Gasteiger partial charge in [0.2, 0.25) is 11.7 Å². The Morgan fingerprint density at radius 3 is 2.67 bits per heavy atom. The van der Waals surface area contributed by atoms with Crippen molar-refractivity contribution in [2.45, 2.75) is 38.8 Å². The summed E-state index contributed by atoms with van der Waals surface area (Å²) < 4.78 is 5.78. The Bertz CT molecular complexity index is 1260. The Kier molecular flexibility index (Phi) is 7.18. The molecule has 188 valence electrons. The van der Waals surface area contributed by atoms with Gasteiger partial charge in [0.05, 0.1) is 22.9 Å². The van der Waals surface area contributed by atoms with Gasteiger partial charge in [-0.1, -0.05) is 32.0 Å². The number of hydrogen-bond donors (Lipinski definition) is 3. The summed E-state index contributed by atoms with van der Waals surface area (Å²) in [6, 6.07) is 12.2. The van der Waals surface area contributed by atoms with Crippen molar-refractivity contribution in [2.75, 3.05) is 6.54 Å². The maximum absolute atomic E-state index is 13.2. The van der Waals surface area contributed by atoms with E-state index in [9.17, 15) is 19.7 Å². The number of benzene rings is 2. The van der Waals surface area contributed by atoms with Crippen molar-refractivity contribution in [2.24, 2.45) is 5.92 Å². The van der Waals surface area contributed by atoms with Crippen LogP contribution in [0.5, 0.6) is 11.5 Å². The number of likely N-dealkylation sites (tertiary alicyclic amines) is 1. The van der Waals surface area contributed by atoms with E-state index in [-0.39, 0.29) is 29.3 Å². The Hall–Kier alpha value is -4.41. The second kappa shape index (κ2) is 10.5. The van der Waals surface area contributed by atoms with Crippen LogP contribution in [0.2, 0.25) is 0 Å². The molecule has 2 atom stereocenters. The minimum absolute atomic E-state index is 0.0945. The summed E-state index contributed by atoms with van der Waals surface area (Å²) in [5.41, 5.74) is 1.08. The molecule has 0 bridgehead atoms. The third-order valence-electron chi connectivity index (χ3n) is 6.10. The summed E-state index contributed by atoms with van der Waals surface area (Å²) in [5.74, 6) is 0.624. The lowest BCUT2D eigenvalue weighted by Crippen LogP contribution is -2.50. The molecule has 0 aliphatic carbocycles. The van der Waals surface area contributed by atoms with Gasteiger partial charge < -0.3 is 25.0 Å². The monoisotopic (exact) mass is 493 g/mol. The number of carbonyl (C=O) groups excluding carboxylic acids is 1. The molecule has 1 aliphatic heterocycles. The summed E-state index contributed by atoms with van der Waals surface area (Å²) in [5, 5.41) is 23.0. The minimum atomic E-state index is -1.25. The third-order valence-corrected chi connectivity index (χ3v) is 6.10. The normalized spacial score (nSPS) is 16.1. The van der Waals surface area contributed by atoms with Crippen molar-refractivity contribution < 1.29 is 24.4 Å². The molecule has 2 heterocycles. The molecule has 1 aliphatic rings. The van der Waals surface area contributed by atoms with E-state index >= 15 is 0 Å². The largest absolute Gasteiger partial charge is 0.465 e. The Balaban J connectivity index is 1.60. The number of para-hydroxylation sites is 1. The van der Waals surface area contributed by atoms with Crippen LogP contribution in [0.3, 0.4) is 0 Å². The van der Waals surface area contributed by atoms with Gasteiger partial charge in [0, 0.05) is 18.2 Å². The number of imidazole rings is 1. The summed E-state index contributed by atoms with van der Waals surface area (Å²) in [6.45, 7) is 4.08. The molecular formula is C25H27N5O6. The topological polar surface area (TPSA) is 151 Å². The maximum atomic E-state index is 13.2. The van der Waals surface area contributed by atoms with Crippen molar-refractivity contribution in [3.8, 4) is 22.8 Å². The van der Waals surface area contributed by atoms with E-state index in [1.807, 2.05) is 6.07 Å². The number of ether oxygens (including phenoxy) is 1. The zero-order valence-electron chi connectivity index (χ0n) is 19.9. The van der Waals surface area contributed by atoms with Gasteiger partial charge in [0.1, 0.15) is 17.6 Å². The van der Waals surface area contributed by atoms with Crippen LogP contribution < -0.4 is 10.1 Å². The van der Waals surface area contributed by atoms with Gasteiger partial charge in [-0.05, 0) is 43.0 Å². The molecule has 0 saturated carbocycles. The fourth-order valence-electron chi connectivity index (χ4n) is 4.32. The molecule has 0 radical (unpaired) electrons. The van der Waals surface area contributed by atoms with E-state index in [1.165, 1.54) is 6.07 Å². The molecule has 1 unspecified atom stereocenters. The first-order valence-electron chi connectivity index (χ1n) is 11.6. The van der Waals surface area contributed by atoms with Gasteiger partial charge in [0.25, 0.3) is 0 Å². The maximum Gasteiger partial charge on any atom is 0.405 e. The number of aromatic nitrogens is 2. The van der Waals surface area contributed by atoms with Gasteiger partial charge in [-0.15, -0.1) is 0 Å². The zero-order valence-corrected chi connectivity index (χ0v) is 19.9. The average Bonchev–Trinajstić information content (AvgIpc) is 3.52. The molecule has 4 rings (SSSR count). The van der Waals surface area contributed by atoms with Crippen LogP contribution in [0.1, 0.15) is 38.6 Å². The second-order valence-electron chi connectivity index (χ2n) is 8.90. The van der Waals surface area contributed by atoms with E-state index in [0.717, 1.165) is 6.42 Å². The number of nitrogens with one attached hydrogen (secondary N) is 2. The van der Waals surface area contributed by atoms with E-state index in [0.29, 0.717) is 35.8 Å². The molecule has 2 aromatic carbocycles. The smallest absolute Gasteiger partial charge is 0.405 e. The van der Waals surface area contributed by atoms with Crippen LogP contribution in [0.4, 0.5) is 10.5 Å². The first-order chi connectivity index (χ1) is 17.2. The Morgan fingerprint density at radius 1 is 1.25 bits per heavy atom. The summed E-state index contributed by atoms with van der Waals surface area (Å²) in [6.07, 6.45) is 1.81. The van der Waals surface area contributed by atoms with Crippen LogP contribution in [0.15, 0.2) is 54.7 Å². The second-order valence-corrected chi connectivity index (χ2v) is 8.90. The number of nitro groups is 1. The standard InChI is InChI=1S/C25H27N5O6/c1-15(2)22(28-25(32)33)24(31)29-12-6-9-20(29)23-26-14-18(27-23)16-10-11-19(30(34)35)21(13-16)36-17-7-4-3-5-8-17/h3-5,7-8,10-11,13-15,20,22,28H,6,9,12H2,1-2H3,(H,26,27)(H,32,33)/t20?,22-/m0/s1. The van der Waals surface area contributed by atoms with Gasteiger partial charge in [-0.25, -0.2) is 9.78 Å². The molecular weight excluding hydrogens is 466 g/mol. The highest BCUT2D eigenvalue weighted by Gasteiger charge is 2.37. The average molecular weight is 494 g/mol. The summed E-state index contributed by atoms with van der Waals surface area (Å²) in [7, 11) is 0. The zero-order chi connectivity index (χ0) is 25.8. The lowest BCUT2D eigenvalue weighted by Gasteiger charge is -2.29. The van der Waals surface area contributed by atoms with Crippen molar-refractivity contribution >= 4 is 17.7 Å².